The molecule has 4 aromatic heterocycles. The quantitative estimate of drug-likeness (QED) is 0.326. The molecule has 0 aromatic carbocycles. The molecule has 1 N–H and O–H groups in total. The standard InChI is InChI=1S/C12H5Cl3N6/c13-8-7-11(20-12(15)18-8)19-10(17-7)5-1-2-6-16-3-4-21(6)9(5)14/h1-4H,(H,17,18,19,20). The molecule has 0 bridgehead atoms. The van der Waals surface area contributed by atoms with Crippen molar-refractivity contribution in [3.05, 3.63) is 40.1 Å². The predicted molar refractivity (Wildman–Crippen MR) is 80.9 cm³/mol. The minimum Gasteiger partial charge on any atom is -0.322 e. The molecule has 0 atom stereocenters. The molecule has 0 aliphatic heterocycles. The molecule has 0 aliphatic carbocycles. The Morgan fingerprint density at radius 1 is 1.05 bits per heavy atom. The summed E-state index contributed by atoms with van der Waals surface area (Å²) in [4.78, 5) is 19.5. The molecular formula is C12H5Cl3N6. The van der Waals surface area contributed by atoms with Gasteiger partial charge in [0.25, 0.3) is 0 Å². The zero-order valence-electron chi connectivity index (χ0n) is 10.2. The van der Waals surface area contributed by atoms with Gasteiger partial charge in [-0.1, -0.05) is 23.2 Å². The van der Waals surface area contributed by atoms with Crippen LogP contribution in [0.1, 0.15) is 0 Å². The molecule has 0 amide bonds. The zero-order valence-corrected chi connectivity index (χ0v) is 12.4. The molecule has 0 radical (unpaired) electrons. The fourth-order valence-electron chi connectivity index (χ4n) is 2.10. The minimum atomic E-state index is 0.0545. The lowest BCUT2D eigenvalue weighted by atomic mass is 10.2. The highest BCUT2D eigenvalue weighted by Gasteiger charge is 2.15. The highest BCUT2D eigenvalue weighted by atomic mass is 35.5. The number of rotatable bonds is 1. The van der Waals surface area contributed by atoms with Gasteiger partial charge in [0.1, 0.15) is 22.1 Å². The Hall–Kier alpha value is -1.89. The summed E-state index contributed by atoms with van der Waals surface area (Å²) >= 11 is 18.2. The molecule has 0 saturated carbocycles. The van der Waals surface area contributed by atoms with E-state index in [1.807, 2.05) is 12.1 Å². The first kappa shape index (κ1) is 12.8. The summed E-state index contributed by atoms with van der Waals surface area (Å²) in [7, 11) is 0. The zero-order chi connectivity index (χ0) is 14.6. The summed E-state index contributed by atoms with van der Waals surface area (Å²) in [5.74, 6) is 0.532. The summed E-state index contributed by atoms with van der Waals surface area (Å²) in [6, 6.07) is 3.67. The van der Waals surface area contributed by atoms with Crippen LogP contribution in [0.4, 0.5) is 0 Å². The van der Waals surface area contributed by atoms with Crippen LogP contribution in [0.5, 0.6) is 0 Å². The minimum absolute atomic E-state index is 0.0545. The molecule has 0 fully saturated rings. The van der Waals surface area contributed by atoms with E-state index < -0.39 is 0 Å². The first-order valence-corrected chi connectivity index (χ1v) is 6.97. The molecule has 4 aromatic rings. The number of fused-ring (bicyclic) bond motifs is 2. The van der Waals surface area contributed by atoms with E-state index in [9.17, 15) is 0 Å². The SMILES string of the molecule is Clc1nc(Cl)c2nc(-c3ccc4nccn4c3Cl)[nH]c2n1. The number of aromatic nitrogens is 6. The molecule has 4 heterocycles. The van der Waals surface area contributed by atoms with Gasteiger partial charge in [-0.2, -0.15) is 4.98 Å². The fraction of sp³-hybridized carbons (Fsp3) is 0. The third-order valence-electron chi connectivity index (χ3n) is 3.03. The van der Waals surface area contributed by atoms with E-state index in [4.69, 9.17) is 34.8 Å². The van der Waals surface area contributed by atoms with Gasteiger partial charge in [-0.3, -0.25) is 4.40 Å². The molecule has 0 aliphatic rings. The molecule has 9 heteroatoms. The molecule has 4 rings (SSSR count). The van der Waals surface area contributed by atoms with Crippen molar-refractivity contribution in [2.45, 2.75) is 0 Å². The summed E-state index contributed by atoms with van der Waals surface area (Å²) in [6.07, 6.45) is 3.44. The van der Waals surface area contributed by atoms with Crippen molar-refractivity contribution in [3.8, 4) is 11.4 Å². The Morgan fingerprint density at radius 3 is 2.76 bits per heavy atom. The van der Waals surface area contributed by atoms with E-state index in [1.54, 1.807) is 16.8 Å². The topological polar surface area (TPSA) is 71.8 Å². The Bertz CT molecular complexity index is 989. The van der Waals surface area contributed by atoms with Crippen LogP contribution in [0.15, 0.2) is 24.5 Å². The maximum Gasteiger partial charge on any atom is 0.225 e. The average molecular weight is 340 g/mol. The van der Waals surface area contributed by atoms with Gasteiger partial charge in [-0.15, -0.1) is 0 Å². The number of H-pyrrole nitrogens is 1. The van der Waals surface area contributed by atoms with E-state index in [2.05, 4.69) is 24.9 Å². The molecule has 0 unspecified atom stereocenters. The monoisotopic (exact) mass is 338 g/mol. The van der Waals surface area contributed by atoms with Crippen molar-refractivity contribution >= 4 is 51.6 Å². The van der Waals surface area contributed by atoms with E-state index >= 15 is 0 Å². The van der Waals surface area contributed by atoms with E-state index in [-0.39, 0.29) is 10.4 Å². The fourth-order valence-corrected chi connectivity index (χ4v) is 2.82. The lowest BCUT2D eigenvalue weighted by Gasteiger charge is -2.03. The largest absolute Gasteiger partial charge is 0.322 e. The van der Waals surface area contributed by atoms with Gasteiger partial charge in [0, 0.05) is 12.4 Å². The van der Waals surface area contributed by atoms with Crippen molar-refractivity contribution in [1.29, 1.82) is 0 Å². The number of aromatic amines is 1. The average Bonchev–Trinajstić information content (AvgIpc) is 3.05. The third kappa shape index (κ3) is 1.95. The van der Waals surface area contributed by atoms with Gasteiger partial charge in [-0.05, 0) is 23.7 Å². The third-order valence-corrected chi connectivity index (χ3v) is 3.85. The van der Waals surface area contributed by atoms with Crippen LogP contribution in [-0.2, 0) is 0 Å². The van der Waals surface area contributed by atoms with Gasteiger partial charge in [0.15, 0.2) is 10.8 Å². The predicted octanol–water partition coefficient (Wildman–Crippen LogP) is 3.63. The second kappa shape index (κ2) is 4.56. The van der Waals surface area contributed by atoms with Gasteiger partial charge >= 0.3 is 0 Å². The Labute approximate surface area is 132 Å². The van der Waals surface area contributed by atoms with Gasteiger partial charge in [0.2, 0.25) is 5.28 Å². The van der Waals surface area contributed by atoms with Gasteiger partial charge in [-0.25, -0.2) is 15.0 Å². The molecule has 0 saturated heterocycles. The van der Waals surface area contributed by atoms with Crippen LogP contribution >= 0.6 is 34.8 Å². The normalized spacial score (nSPS) is 11.6. The number of pyridine rings is 1. The van der Waals surface area contributed by atoms with Crippen molar-refractivity contribution in [1.82, 2.24) is 29.3 Å². The molecule has 21 heavy (non-hydrogen) atoms. The van der Waals surface area contributed by atoms with Crippen LogP contribution in [0.2, 0.25) is 15.6 Å². The molecular weight excluding hydrogens is 335 g/mol. The number of imidazole rings is 2. The number of hydrogen-bond donors (Lipinski definition) is 1. The van der Waals surface area contributed by atoms with E-state index in [1.165, 1.54) is 0 Å². The summed E-state index contributed by atoms with van der Waals surface area (Å²) in [6.45, 7) is 0. The number of halogens is 3. The van der Waals surface area contributed by atoms with Crippen molar-refractivity contribution in [3.63, 3.8) is 0 Å². The Balaban J connectivity index is 1.99. The van der Waals surface area contributed by atoms with Crippen LogP contribution in [0.25, 0.3) is 28.2 Å². The first-order valence-electron chi connectivity index (χ1n) is 5.84. The highest BCUT2D eigenvalue weighted by Crippen LogP contribution is 2.29. The van der Waals surface area contributed by atoms with Crippen LogP contribution in [0, 0.1) is 0 Å². The summed E-state index contributed by atoms with van der Waals surface area (Å²) < 4.78 is 1.75. The Kier molecular flexibility index (Phi) is 2.78. The second-order valence-electron chi connectivity index (χ2n) is 4.26. The lowest BCUT2D eigenvalue weighted by molar-refractivity contribution is 1.17. The molecule has 6 nitrogen and oxygen atoms in total. The summed E-state index contributed by atoms with van der Waals surface area (Å²) in [5.41, 5.74) is 2.35. The van der Waals surface area contributed by atoms with Crippen molar-refractivity contribution in [2.75, 3.05) is 0 Å². The molecule has 0 spiro atoms. The van der Waals surface area contributed by atoms with E-state index in [0.717, 1.165) is 5.65 Å². The van der Waals surface area contributed by atoms with Gasteiger partial charge in [0.05, 0.1) is 5.56 Å². The Morgan fingerprint density at radius 2 is 1.90 bits per heavy atom. The maximum atomic E-state index is 6.38. The highest BCUT2D eigenvalue weighted by molar-refractivity contribution is 6.35. The summed E-state index contributed by atoms with van der Waals surface area (Å²) in [5, 5.41) is 0.727. The van der Waals surface area contributed by atoms with Crippen LogP contribution in [0.3, 0.4) is 0 Å². The first-order chi connectivity index (χ1) is 10.1. The molecule has 104 valence electrons. The second-order valence-corrected chi connectivity index (χ2v) is 5.31. The number of hydrogen-bond acceptors (Lipinski definition) is 4. The lowest BCUT2D eigenvalue weighted by Crippen LogP contribution is -1.90. The smallest absolute Gasteiger partial charge is 0.225 e. The van der Waals surface area contributed by atoms with Crippen LogP contribution in [-0.4, -0.2) is 29.3 Å². The maximum absolute atomic E-state index is 6.38. The van der Waals surface area contributed by atoms with Crippen LogP contribution < -0.4 is 0 Å². The van der Waals surface area contributed by atoms with Gasteiger partial charge < -0.3 is 4.98 Å². The van der Waals surface area contributed by atoms with Crippen molar-refractivity contribution < 1.29 is 0 Å². The number of nitrogens with one attached hydrogen (secondary N) is 1. The van der Waals surface area contributed by atoms with Crippen molar-refractivity contribution in [2.24, 2.45) is 0 Å². The van der Waals surface area contributed by atoms with E-state index in [0.29, 0.717) is 27.7 Å². The number of nitrogens with zero attached hydrogens (tertiary/aromatic N) is 5.